The quantitative estimate of drug-likeness (QED) is 0.222. The van der Waals surface area contributed by atoms with Crippen molar-refractivity contribution in [2.45, 2.75) is 13.8 Å². The van der Waals surface area contributed by atoms with E-state index in [0.717, 1.165) is 22.5 Å². The van der Waals surface area contributed by atoms with E-state index >= 15 is 0 Å². The summed E-state index contributed by atoms with van der Waals surface area (Å²) in [4.78, 5) is 22.8. The Morgan fingerprint density at radius 2 is 1.18 bits per heavy atom. The van der Waals surface area contributed by atoms with Gasteiger partial charge in [-0.25, -0.2) is 20.0 Å². The van der Waals surface area contributed by atoms with Crippen LogP contribution in [-0.2, 0) is 0 Å². The van der Waals surface area contributed by atoms with Crippen molar-refractivity contribution in [2.75, 3.05) is 10.6 Å². The number of nitrogens with zero attached hydrogens (tertiary/aromatic N) is 4. The van der Waals surface area contributed by atoms with Crippen LogP contribution in [-0.4, -0.2) is 27.5 Å². The molecule has 0 atom stereocenters. The second-order valence-electron chi connectivity index (χ2n) is 9.33. The zero-order chi connectivity index (χ0) is 26.6. The van der Waals surface area contributed by atoms with Gasteiger partial charge in [0.05, 0.1) is 0 Å². The van der Waals surface area contributed by atoms with Crippen LogP contribution in [0.2, 0.25) is 0 Å². The van der Waals surface area contributed by atoms with Gasteiger partial charge < -0.3 is 15.6 Å². The Bertz CT molecular complexity index is 1680. The molecule has 3 N–H and O–H groups in total. The van der Waals surface area contributed by atoms with Crippen molar-refractivity contribution in [2.24, 2.45) is 15.0 Å². The van der Waals surface area contributed by atoms with Crippen molar-refractivity contribution in [3.8, 4) is 11.4 Å². The molecule has 6 rings (SSSR count). The van der Waals surface area contributed by atoms with Gasteiger partial charge in [-0.3, -0.25) is 0 Å². The van der Waals surface area contributed by atoms with Crippen LogP contribution in [0.1, 0.15) is 16.7 Å². The Kier molecular flexibility index (Phi) is 6.53. The van der Waals surface area contributed by atoms with Crippen LogP contribution in [0, 0.1) is 13.8 Å². The largest absolute Gasteiger partial charge is 0.337 e. The lowest BCUT2D eigenvalue weighted by molar-refractivity contribution is 1.29. The minimum absolute atomic E-state index is 0.463. The van der Waals surface area contributed by atoms with Gasteiger partial charge in [0.1, 0.15) is 5.82 Å². The van der Waals surface area contributed by atoms with E-state index < -0.39 is 0 Å². The highest BCUT2D eigenvalue weighted by Gasteiger charge is 2.22. The number of benzene rings is 4. The summed E-state index contributed by atoms with van der Waals surface area (Å²) in [7, 11) is 0. The lowest BCUT2D eigenvalue weighted by atomic mass is 10.2. The number of aliphatic imine (C=N–C) groups is 3. The van der Waals surface area contributed by atoms with E-state index in [1.165, 1.54) is 11.1 Å². The van der Waals surface area contributed by atoms with Gasteiger partial charge in [-0.2, -0.15) is 0 Å². The zero-order valence-electron chi connectivity index (χ0n) is 21.7. The molecule has 7 heteroatoms. The highest BCUT2D eigenvalue weighted by molar-refractivity contribution is 6.51. The number of H-pyrrole nitrogens is 1. The molecule has 0 bridgehead atoms. The van der Waals surface area contributed by atoms with Gasteiger partial charge >= 0.3 is 0 Å². The van der Waals surface area contributed by atoms with E-state index in [-0.39, 0.29) is 0 Å². The number of aromatic amines is 1. The first-order valence-corrected chi connectivity index (χ1v) is 12.8. The first-order chi connectivity index (χ1) is 19.1. The Balaban J connectivity index is 1.42. The topological polar surface area (TPSA) is 89.8 Å². The maximum atomic E-state index is 4.94. The highest BCUT2D eigenvalue weighted by Crippen LogP contribution is 2.31. The molecule has 0 saturated heterocycles. The van der Waals surface area contributed by atoms with E-state index in [4.69, 9.17) is 20.0 Å². The first-order valence-electron chi connectivity index (χ1n) is 12.8. The van der Waals surface area contributed by atoms with Crippen molar-refractivity contribution in [3.63, 3.8) is 0 Å². The Hall–Kier alpha value is -5.30. The maximum absolute atomic E-state index is 4.94. The third kappa shape index (κ3) is 5.52. The molecule has 0 fully saturated rings. The molecular weight excluding hydrogens is 482 g/mol. The van der Waals surface area contributed by atoms with E-state index in [1.54, 1.807) is 0 Å². The fraction of sp³-hybridized carbons (Fsp3) is 0.0625. The fourth-order valence-electron chi connectivity index (χ4n) is 4.13. The number of hydrogen-bond acceptors (Lipinski definition) is 5. The van der Waals surface area contributed by atoms with Crippen molar-refractivity contribution < 1.29 is 0 Å². The normalized spacial score (nSPS) is 13.7. The number of anilines is 3. The number of aryl methyl sites for hydroxylation is 2. The van der Waals surface area contributed by atoms with E-state index in [9.17, 15) is 0 Å². The van der Waals surface area contributed by atoms with Gasteiger partial charge in [0, 0.05) is 22.5 Å². The minimum atomic E-state index is 0.463. The number of nitrogens with one attached hydrogen (secondary N) is 3. The molecule has 1 aromatic heterocycles. The van der Waals surface area contributed by atoms with Crippen molar-refractivity contribution in [1.82, 2.24) is 9.97 Å². The fourth-order valence-corrected chi connectivity index (χ4v) is 4.13. The van der Waals surface area contributed by atoms with E-state index in [2.05, 4.69) is 53.7 Å². The monoisotopic (exact) mass is 509 g/mol. The second kappa shape index (κ2) is 10.6. The third-order valence-electron chi connectivity index (χ3n) is 6.25. The van der Waals surface area contributed by atoms with Gasteiger partial charge in [0.2, 0.25) is 0 Å². The predicted octanol–water partition coefficient (Wildman–Crippen LogP) is 7.44. The molecule has 1 aliphatic rings. The van der Waals surface area contributed by atoms with E-state index in [0.29, 0.717) is 35.0 Å². The van der Waals surface area contributed by atoms with Gasteiger partial charge in [-0.1, -0.05) is 96.1 Å². The number of rotatable bonds is 6. The summed E-state index contributed by atoms with van der Waals surface area (Å²) in [6.45, 7) is 4.12. The lowest BCUT2D eigenvalue weighted by Gasteiger charge is -2.07. The van der Waals surface area contributed by atoms with Crippen LogP contribution < -0.4 is 10.6 Å². The summed E-state index contributed by atoms with van der Waals surface area (Å²) in [5, 5.41) is 6.82. The molecule has 0 spiro atoms. The van der Waals surface area contributed by atoms with E-state index in [1.807, 2.05) is 84.9 Å². The summed E-state index contributed by atoms with van der Waals surface area (Å²) in [5.74, 6) is 3.49. The summed E-state index contributed by atoms with van der Waals surface area (Å²) in [6, 6.07) is 36.2. The molecule has 5 aromatic rings. The minimum Gasteiger partial charge on any atom is -0.337 e. The van der Waals surface area contributed by atoms with Crippen molar-refractivity contribution >= 4 is 40.5 Å². The first kappa shape index (κ1) is 24.1. The molecule has 4 aromatic carbocycles. The molecule has 0 radical (unpaired) electrons. The van der Waals surface area contributed by atoms with Crippen molar-refractivity contribution in [1.29, 1.82) is 0 Å². The Morgan fingerprint density at radius 1 is 0.615 bits per heavy atom. The van der Waals surface area contributed by atoms with Crippen LogP contribution in [0.4, 0.5) is 23.0 Å². The summed E-state index contributed by atoms with van der Waals surface area (Å²) >= 11 is 0. The molecule has 1 aliphatic heterocycles. The van der Waals surface area contributed by atoms with Crippen LogP contribution in [0.15, 0.2) is 124 Å². The van der Waals surface area contributed by atoms with Crippen LogP contribution in [0.5, 0.6) is 0 Å². The molecule has 0 unspecified atom stereocenters. The second-order valence-corrected chi connectivity index (χ2v) is 9.33. The van der Waals surface area contributed by atoms with Gasteiger partial charge in [0.25, 0.3) is 0 Å². The molecule has 0 amide bonds. The average Bonchev–Trinajstić information content (AvgIpc) is 3.56. The van der Waals surface area contributed by atoms with Crippen LogP contribution in [0.25, 0.3) is 11.4 Å². The summed E-state index contributed by atoms with van der Waals surface area (Å²) in [6.07, 6.45) is 0. The summed E-state index contributed by atoms with van der Waals surface area (Å²) in [5.41, 5.74) is 6.07. The molecule has 7 nitrogen and oxygen atoms in total. The molecular formula is C32H27N7. The third-order valence-corrected chi connectivity index (χ3v) is 6.25. The molecule has 39 heavy (non-hydrogen) atoms. The smallest absolute Gasteiger partial charge is 0.199 e. The van der Waals surface area contributed by atoms with Gasteiger partial charge in [-0.15, -0.1) is 0 Å². The lowest BCUT2D eigenvalue weighted by Crippen LogP contribution is -2.18. The number of aromatic nitrogens is 2. The number of hydrogen-bond donors (Lipinski definition) is 3. The summed E-state index contributed by atoms with van der Waals surface area (Å²) < 4.78 is 0. The SMILES string of the molecule is Cc1ccc(NC2=NC(c3ccccc3)=N/C2=N\c2[nH]c(-c3ccccc3)nc2Nc2ccc(C)cc2)cc1. The standard InChI is InChI=1S/C32H27N7/c1-21-13-17-25(18-14-21)33-29-31(37-27(35-29)23-9-5-3-6-10-23)39-32-30(34-26-19-15-22(2)16-20-26)36-28(38-32)24-11-7-4-8-12-24/h3-20,33H,1-2H3,(H,35,37)(H,34,36,38,39). The molecule has 190 valence electrons. The van der Waals surface area contributed by atoms with Gasteiger partial charge in [-0.05, 0) is 38.1 Å². The van der Waals surface area contributed by atoms with Crippen LogP contribution >= 0.6 is 0 Å². The van der Waals surface area contributed by atoms with Crippen LogP contribution in [0.3, 0.4) is 0 Å². The Labute approximate surface area is 227 Å². The highest BCUT2D eigenvalue weighted by atomic mass is 15.2. The average molecular weight is 510 g/mol. The van der Waals surface area contributed by atoms with Crippen molar-refractivity contribution in [3.05, 3.63) is 126 Å². The molecule has 2 heterocycles. The predicted molar refractivity (Wildman–Crippen MR) is 161 cm³/mol. The molecule has 0 aliphatic carbocycles. The Morgan fingerprint density at radius 3 is 1.79 bits per heavy atom. The zero-order valence-corrected chi connectivity index (χ0v) is 21.7. The maximum Gasteiger partial charge on any atom is 0.199 e. The van der Waals surface area contributed by atoms with Gasteiger partial charge in [0.15, 0.2) is 29.1 Å². The number of amidine groups is 3. The number of imidazole rings is 1. The molecule has 0 saturated carbocycles.